The lowest BCUT2D eigenvalue weighted by molar-refractivity contribution is -0.146. The van der Waals surface area contributed by atoms with E-state index in [2.05, 4.69) is 31.3 Å². The maximum Gasteiger partial charge on any atom is 0.407 e. The van der Waals surface area contributed by atoms with Crippen LogP contribution in [0.5, 0.6) is 0 Å². The van der Waals surface area contributed by atoms with E-state index in [0.29, 0.717) is 19.3 Å². The number of unbranched alkanes of at least 4 members (excludes halogenated alkanes) is 1. The number of alkyl carbamates (subject to hydrolysis) is 1. The molecule has 1 saturated heterocycles. The van der Waals surface area contributed by atoms with Gasteiger partial charge in [0.1, 0.15) is 24.7 Å². The number of amides is 5. The Kier molecular flexibility index (Phi) is 13.4. The average Bonchev–Trinajstić information content (AvgIpc) is 3.40. The summed E-state index contributed by atoms with van der Waals surface area (Å²) >= 11 is 0. The second-order valence-electron chi connectivity index (χ2n) is 9.20. The number of aliphatic hydroxyl groups excluding tert-OH is 1. The molecule has 1 heterocycles. The molecule has 4 atom stereocenters. The van der Waals surface area contributed by atoms with Crippen LogP contribution in [-0.4, -0.2) is 85.2 Å². The predicted molar refractivity (Wildman–Crippen MR) is 140 cm³/mol. The second kappa shape index (κ2) is 16.7. The third kappa shape index (κ3) is 10.9. The van der Waals surface area contributed by atoms with Gasteiger partial charge in [0.2, 0.25) is 23.6 Å². The quantitative estimate of drug-likeness (QED) is 0.114. The van der Waals surface area contributed by atoms with Crippen molar-refractivity contribution in [3.8, 4) is 0 Å². The van der Waals surface area contributed by atoms with Crippen LogP contribution in [-0.2, 0) is 40.1 Å². The Balaban J connectivity index is 1.87. The number of methoxy groups -OCH3 is 1. The minimum atomic E-state index is -1.33. The Morgan fingerprint density at radius 2 is 1.73 bits per heavy atom. The van der Waals surface area contributed by atoms with Crippen molar-refractivity contribution in [1.29, 1.82) is 0 Å². The van der Waals surface area contributed by atoms with Gasteiger partial charge in [-0.15, -0.1) is 0 Å². The molecule has 1 aromatic rings. The van der Waals surface area contributed by atoms with Crippen LogP contribution in [0.3, 0.4) is 0 Å². The molecule has 0 saturated carbocycles. The van der Waals surface area contributed by atoms with Gasteiger partial charge >= 0.3 is 12.1 Å². The Labute approximate surface area is 231 Å². The predicted octanol–water partition coefficient (Wildman–Crippen LogP) is -0.999. The van der Waals surface area contributed by atoms with E-state index in [-0.39, 0.29) is 31.9 Å². The van der Waals surface area contributed by atoms with Crippen molar-refractivity contribution in [3.63, 3.8) is 0 Å². The summed E-state index contributed by atoms with van der Waals surface area (Å²) in [7, 11) is 1.10. The topological polar surface area (TPSA) is 201 Å². The molecule has 1 aliphatic heterocycles. The summed E-state index contributed by atoms with van der Waals surface area (Å²) in [6.07, 6.45) is 0.874. The molecule has 0 aromatic heterocycles. The molecule has 0 bridgehead atoms. The highest BCUT2D eigenvalue weighted by atomic mass is 16.5. The normalized spacial score (nSPS) is 16.5. The van der Waals surface area contributed by atoms with Crippen LogP contribution in [0, 0.1) is 0 Å². The molecule has 14 heteroatoms. The molecule has 1 fully saturated rings. The third-order valence-electron chi connectivity index (χ3n) is 6.08. The van der Waals surface area contributed by atoms with Crippen molar-refractivity contribution in [3.05, 3.63) is 35.9 Å². The van der Waals surface area contributed by atoms with Crippen LogP contribution in [0.2, 0.25) is 0 Å². The first-order valence-corrected chi connectivity index (χ1v) is 13.0. The summed E-state index contributed by atoms with van der Waals surface area (Å²) in [5.74, 6) is -3.05. The summed E-state index contributed by atoms with van der Waals surface area (Å²) in [5.41, 5.74) is 0.841. The van der Waals surface area contributed by atoms with Gasteiger partial charge in [0.15, 0.2) is 6.04 Å². The van der Waals surface area contributed by atoms with Crippen LogP contribution in [0.4, 0.5) is 4.79 Å². The van der Waals surface area contributed by atoms with Gasteiger partial charge in [0.25, 0.3) is 0 Å². The molecule has 0 radical (unpaired) electrons. The highest BCUT2D eigenvalue weighted by Crippen LogP contribution is 2.08. The molecule has 2 rings (SSSR count). The van der Waals surface area contributed by atoms with E-state index < -0.39 is 60.6 Å². The Hall–Kier alpha value is -4.20. The van der Waals surface area contributed by atoms with Crippen LogP contribution in [0.25, 0.3) is 0 Å². The van der Waals surface area contributed by atoms with Gasteiger partial charge in [-0.3, -0.25) is 19.2 Å². The highest BCUT2D eigenvalue weighted by molar-refractivity contribution is 5.95. The van der Waals surface area contributed by atoms with Gasteiger partial charge in [0.05, 0.1) is 13.7 Å². The fraction of sp³-hybridized carbons (Fsp3) is 0.538. The maximum absolute atomic E-state index is 12.9. The van der Waals surface area contributed by atoms with E-state index in [4.69, 9.17) is 4.74 Å². The number of aliphatic hydroxyl groups is 1. The first-order chi connectivity index (χ1) is 19.1. The third-order valence-corrected chi connectivity index (χ3v) is 6.08. The van der Waals surface area contributed by atoms with Crippen molar-refractivity contribution < 1.29 is 43.3 Å². The Morgan fingerprint density at radius 3 is 2.35 bits per heavy atom. The lowest BCUT2D eigenvalue weighted by Gasteiger charge is -2.23. The SMILES string of the molecule is COC(=O)[C@H](CO)NC(=O)[C@H](CCCCNC(=O)OCc1ccccc1)NC(=O)[C@H](C)NC(=O)[C@@H]1CCC(=O)N1. The van der Waals surface area contributed by atoms with E-state index in [0.717, 1.165) is 12.7 Å². The van der Waals surface area contributed by atoms with Crippen molar-refractivity contribution >= 4 is 35.7 Å². The molecule has 1 aromatic carbocycles. The zero-order valence-electron chi connectivity index (χ0n) is 22.6. The maximum atomic E-state index is 12.9. The van der Waals surface area contributed by atoms with E-state index in [9.17, 15) is 33.9 Å². The molecule has 14 nitrogen and oxygen atoms in total. The number of carbonyl (C=O) groups is 6. The van der Waals surface area contributed by atoms with Crippen LogP contribution in [0.1, 0.15) is 44.6 Å². The molecule has 40 heavy (non-hydrogen) atoms. The fourth-order valence-electron chi connectivity index (χ4n) is 3.79. The van der Waals surface area contributed by atoms with Gasteiger partial charge in [-0.1, -0.05) is 30.3 Å². The van der Waals surface area contributed by atoms with Crippen LogP contribution >= 0.6 is 0 Å². The van der Waals surface area contributed by atoms with E-state index in [1.807, 2.05) is 30.3 Å². The van der Waals surface area contributed by atoms with Gasteiger partial charge < -0.3 is 41.2 Å². The number of ether oxygens (including phenoxy) is 2. The van der Waals surface area contributed by atoms with Gasteiger partial charge in [-0.05, 0) is 38.2 Å². The summed E-state index contributed by atoms with van der Waals surface area (Å²) < 4.78 is 9.70. The second-order valence-corrected chi connectivity index (χ2v) is 9.20. The number of esters is 1. The van der Waals surface area contributed by atoms with Gasteiger partial charge in [0, 0.05) is 13.0 Å². The smallest absolute Gasteiger partial charge is 0.407 e. The Morgan fingerprint density at radius 1 is 1.02 bits per heavy atom. The minimum absolute atomic E-state index is 0.120. The number of benzene rings is 1. The Bertz CT molecular complexity index is 1040. The molecule has 1 aliphatic rings. The molecule has 6 N–H and O–H groups in total. The molecule has 0 spiro atoms. The zero-order chi connectivity index (χ0) is 29.5. The summed E-state index contributed by atoms with van der Waals surface area (Å²) in [5, 5.41) is 21.9. The number of carbonyl (C=O) groups excluding carboxylic acids is 6. The van der Waals surface area contributed by atoms with E-state index in [1.165, 1.54) is 6.92 Å². The van der Waals surface area contributed by atoms with Crippen molar-refractivity contribution in [2.45, 2.75) is 69.8 Å². The fourth-order valence-corrected chi connectivity index (χ4v) is 3.79. The lowest BCUT2D eigenvalue weighted by atomic mass is 10.1. The lowest BCUT2D eigenvalue weighted by Crippen LogP contribution is -2.56. The van der Waals surface area contributed by atoms with Crippen LogP contribution in [0.15, 0.2) is 30.3 Å². The number of rotatable bonds is 15. The molecule has 0 aliphatic carbocycles. The first kappa shape index (κ1) is 32.0. The monoisotopic (exact) mass is 563 g/mol. The van der Waals surface area contributed by atoms with E-state index >= 15 is 0 Å². The number of hydrogen-bond acceptors (Lipinski definition) is 9. The van der Waals surface area contributed by atoms with Gasteiger partial charge in [-0.25, -0.2) is 9.59 Å². The minimum Gasteiger partial charge on any atom is -0.467 e. The average molecular weight is 564 g/mol. The van der Waals surface area contributed by atoms with E-state index in [1.54, 1.807) is 0 Å². The van der Waals surface area contributed by atoms with Crippen molar-refractivity contribution in [1.82, 2.24) is 26.6 Å². The van der Waals surface area contributed by atoms with Crippen LogP contribution < -0.4 is 26.6 Å². The molecular formula is C26H37N5O9. The highest BCUT2D eigenvalue weighted by Gasteiger charge is 2.31. The molecule has 220 valence electrons. The van der Waals surface area contributed by atoms with Crippen molar-refractivity contribution in [2.75, 3.05) is 20.3 Å². The zero-order valence-corrected chi connectivity index (χ0v) is 22.6. The largest absolute Gasteiger partial charge is 0.467 e. The number of nitrogens with one attached hydrogen (secondary N) is 5. The van der Waals surface area contributed by atoms with Gasteiger partial charge in [-0.2, -0.15) is 0 Å². The summed E-state index contributed by atoms with van der Waals surface area (Å²) in [6.45, 7) is 1.08. The standard InChI is InChI=1S/C26H37N5O9/c1-16(28-23(35)19-11-12-21(33)29-19)22(34)30-18(24(36)31-20(14-32)25(37)39-2)10-6-7-13-27-26(38)40-15-17-8-4-3-5-9-17/h3-5,8-9,16,18-20,32H,6-7,10-15H2,1-2H3,(H,27,38)(H,28,35)(H,29,33)(H,30,34)(H,31,36)/t16-,18-,19-,20-/m0/s1. The van der Waals surface area contributed by atoms with Crippen molar-refractivity contribution in [2.24, 2.45) is 0 Å². The molecular weight excluding hydrogens is 526 g/mol. The number of hydrogen-bond donors (Lipinski definition) is 6. The summed E-state index contributed by atoms with van der Waals surface area (Å²) in [4.78, 5) is 73.1. The summed E-state index contributed by atoms with van der Waals surface area (Å²) in [6, 6.07) is 4.95. The molecule has 5 amide bonds. The first-order valence-electron chi connectivity index (χ1n) is 13.0. The molecule has 0 unspecified atom stereocenters.